The molecule has 1 unspecified atom stereocenters. The molecule has 0 fully saturated rings. The van der Waals surface area contributed by atoms with Crippen LogP contribution in [0.2, 0.25) is 10.2 Å². The number of carbonyl (C=O) groups excluding carboxylic acids is 1. The molecular weight excluding hydrogens is 598 g/mol. The summed E-state index contributed by atoms with van der Waals surface area (Å²) < 4.78 is 16.1. The summed E-state index contributed by atoms with van der Waals surface area (Å²) in [6.45, 7) is 0. The van der Waals surface area contributed by atoms with Gasteiger partial charge in [0.1, 0.15) is 12.1 Å². The highest BCUT2D eigenvalue weighted by Gasteiger charge is 2.20. The van der Waals surface area contributed by atoms with Crippen LogP contribution in [0.5, 0.6) is 0 Å². The van der Waals surface area contributed by atoms with Gasteiger partial charge in [-0.15, -0.1) is 10.2 Å². The predicted molar refractivity (Wildman–Crippen MR) is 158 cm³/mol. The Morgan fingerprint density at radius 1 is 1.02 bits per heavy atom. The number of rotatable bonds is 9. The van der Waals surface area contributed by atoms with E-state index in [2.05, 4.69) is 31.0 Å². The van der Waals surface area contributed by atoms with Crippen molar-refractivity contribution >= 4 is 47.0 Å². The molecule has 14 heteroatoms. The molecule has 0 bridgehead atoms. The molecule has 43 heavy (non-hydrogen) atoms. The number of amides is 2. The van der Waals surface area contributed by atoms with E-state index in [-0.39, 0.29) is 10.8 Å². The van der Waals surface area contributed by atoms with Crippen molar-refractivity contribution in [2.75, 3.05) is 5.32 Å². The number of hydrogen-bond donors (Lipinski definition) is 3. The normalized spacial score (nSPS) is 11.8. The van der Waals surface area contributed by atoms with Gasteiger partial charge in [0.15, 0.2) is 5.15 Å². The molecule has 5 aromatic rings. The van der Waals surface area contributed by atoms with Gasteiger partial charge in [0.2, 0.25) is 5.91 Å². The van der Waals surface area contributed by atoms with E-state index < -0.39 is 23.9 Å². The zero-order valence-electron chi connectivity index (χ0n) is 22.0. The summed E-state index contributed by atoms with van der Waals surface area (Å²) >= 11 is 12.5. The predicted octanol–water partition coefficient (Wildman–Crippen LogP) is 5.77. The highest BCUT2D eigenvalue weighted by atomic mass is 35.5. The molecule has 5 rings (SSSR count). The second kappa shape index (κ2) is 13.2. The van der Waals surface area contributed by atoms with Gasteiger partial charge in [-0.25, -0.2) is 9.18 Å². The monoisotopic (exact) mass is 618 g/mol. The molecule has 0 radical (unpaired) electrons. The summed E-state index contributed by atoms with van der Waals surface area (Å²) in [6.07, 6.45) is 3.33. The highest BCUT2D eigenvalue weighted by Crippen LogP contribution is 2.31. The van der Waals surface area contributed by atoms with Crippen LogP contribution in [0.25, 0.3) is 22.9 Å². The van der Waals surface area contributed by atoms with Crippen LogP contribution in [0.3, 0.4) is 0 Å². The van der Waals surface area contributed by atoms with Crippen molar-refractivity contribution < 1.29 is 19.1 Å². The molecule has 216 valence electrons. The van der Waals surface area contributed by atoms with Gasteiger partial charge in [-0.1, -0.05) is 59.6 Å². The van der Waals surface area contributed by atoms with Gasteiger partial charge in [0, 0.05) is 22.2 Å². The fourth-order valence-electron chi connectivity index (χ4n) is 4.27. The van der Waals surface area contributed by atoms with Crippen LogP contribution < -0.4 is 10.6 Å². The average molecular weight is 619 g/mol. The lowest BCUT2D eigenvalue weighted by Gasteiger charge is -2.18. The number of anilines is 1. The fourth-order valence-corrected chi connectivity index (χ4v) is 4.65. The van der Waals surface area contributed by atoms with E-state index in [1.165, 1.54) is 29.2 Å². The molecule has 3 N–H and O–H groups in total. The van der Waals surface area contributed by atoms with Crippen LogP contribution in [-0.4, -0.2) is 47.5 Å². The van der Waals surface area contributed by atoms with E-state index in [1.54, 1.807) is 30.3 Å². The number of aromatic nitrogens is 6. The Labute approximate surface area is 254 Å². The van der Waals surface area contributed by atoms with Crippen molar-refractivity contribution in [2.45, 2.75) is 12.5 Å². The molecule has 0 aliphatic rings. The minimum atomic E-state index is -1.40. The van der Waals surface area contributed by atoms with Crippen LogP contribution in [0, 0.1) is 5.82 Å². The Morgan fingerprint density at radius 2 is 1.84 bits per heavy atom. The number of carboxylic acid groups (broad SMARTS) is 1. The Bertz CT molecular complexity index is 1800. The van der Waals surface area contributed by atoms with E-state index in [0.717, 1.165) is 11.6 Å². The fraction of sp³-hybridized carbons (Fsp3) is 0.0690. The first-order valence-electron chi connectivity index (χ1n) is 12.6. The smallest absolute Gasteiger partial charge is 0.409 e. The van der Waals surface area contributed by atoms with Crippen molar-refractivity contribution in [3.05, 3.63) is 118 Å². The number of halogens is 3. The van der Waals surface area contributed by atoms with E-state index >= 15 is 0 Å². The molecule has 0 saturated carbocycles. The summed E-state index contributed by atoms with van der Waals surface area (Å²) in [7, 11) is 0. The molecule has 2 heterocycles. The zero-order chi connectivity index (χ0) is 30.3. The number of carbonyl (C=O) groups is 2. The highest BCUT2D eigenvalue weighted by molar-refractivity contribution is 6.32. The molecule has 1 atom stereocenters. The van der Waals surface area contributed by atoms with Crippen LogP contribution in [0.1, 0.15) is 22.9 Å². The summed E-state index contributed by atoms with van der Waals surface area (Å²) in [5.74, 6) is -1.23. The Balaban J connectivity index is 1.45. The van der Waals surface area contributed by atoms with Crippen molar-refractivity contribution in [3.63, 3.8) is 0 Å². The van der Waals surface area contributed by atoms with E-state index in [1.807, 2.05) is 35.6 Å². The maximum atomic E-state index is 14.6. The van der Waals surface area contributed by atoms with Gasteiger partial charge in [-0.2, -0.15) is 9.78 Å². The number of nitrogens with one attached hydrogen (secondary N) is 2. The Kier molecular flexibility index (Phi) is 8.99. The van der Waals surface area contributed by atoms with Crippen molar-refractivity contribution in [2.24, 2.45) is 0 Å². The summed E-state index contributed by atoms with van der Waals surface area (Å²) in [4.78, 5) is 24.1. The van der Waals surface area contributed by atoms with Crippen molar-refractivity contribution in [3.8, 4) is 16.8 Å². The van der Waals surface area contributed by atoms with Gasteiger partial charge in [-0.3, -0.25) is 10.1 Å². The number of tetrazole rings is 1. The number of nitrogens with zero attached hydrogens (tertiary/aromatic N) is 6. The standard InChI is InChI=1S/C29H21Cl2FN8O3/c30-20-8-10-26(40-16-33-38-39-40)19(13-20)7-11-27(41)34-24(12-17-4-2-1-3-5-17)25-15-21(28(31)37-36-25)18-6-9-23(22(32)14-18)35-29(42)43/h1-11,13-16,24,35H,12H2,(H,34,41)(H,42,43). The summed E-state index contributed by atoms with van der Waals surface area (Å²) in [5.41, 5.74) is 2.99. The lowest BCUT2D eigenvalue weighted by atomic mass is 10.00. The topological polar surface area (TPSA) is 148 Å². The van der Waals surface area contributed by atoms with Gasteiger partial charge in [-0.05, 0) is 70.4 Å². The molecule has 0 aliphatic carbocycles. The first-order valence-corrected chi connectivity index (χ1v) is 13.4. The first-order chi connectivity index (χ1) is 20.8. The third-order valence-electron chi connectivity index (χ3n) is 6.25. The molecule has 0 saturated heterocycles. The first kappa shape index (κ1) is 29.3. The lowest BCUT2D eigenvalue weighted by Crippen LogP contribution is -2.29. The van der Waals surface area contributed by atoms with Crippen LogP contribution in [0.4, 0.5) is 14.9 Å². The minimum absolute atomic E-state index is 0.00265. The summed E-state index contributed by atoms with van der Waals surface area (Å²) in [6, 6.07) is 19.4. The lowest BCUT2D eigenvalue weighted by molar-refractivity contribution is -0.117. The van der Waals surface area contributed by atoms with E-state index in [4.69, 9.17) is 28.3 Å². The SMILES string of the molecule is O=C(O)Nc1ccc(-c2cc(C(Cc3ccccc3)NC(=O)C=Cc3cc(Cl)ccc3-n3cnnn3)nnc2Cl)cc1F. The maximum absolute atomic E-state index is 14.6. The van der Waals surface area contributed by atoms with Gasteiger partial charge >= 0.3 is 6.09 Å². The second-order valence-corrected chi connectivity index (χ2v) is 9.93. The third kappa shape index (κ3) is 7.36. The number of hydrogen-bond acceptors (Lipinski definition) is 7. The molecule has 3 aromatic carbocycles. The van der Waals surface area contributed by atoms with Gasteiger partial charge in [0.05, 0.1) is 23.1 Å². The van der Waals surface area contributed by atoms with Crippen LogP contribution in [-0.2, 0) is 11.2 Å². The van der Waals surface area contributed by atoms with Gasteiger partial charge in [0.25, 0.3) is 0 Å². The Hall–Kier alpha value is -5.20. The second-order valence-electron chi connectivity index (χ2n) is 9.14. The van der Waals surface area contributed by atoms with Crippen LogP contribution in [0.15, 0.2) is 85.2 Å². The molecular formula is C29H21Cl2FN8O3. The third-order valence-corrected chi connectivity index (χ3v) is 6.76. The van der Waals surface area contributed by atoms with Crippen molar-refractivity contribution in [1.82, 2.24) is 35.7 Å². The molecule has 0 aliphatic heterocycles. The Morgan fingerprint density at radius 3 is 2.56 bits per heavy atom. The molecule has 2 aromatic heterocycles. The summed E-state index contributed by atoms with van der Waals surface area (Å²) in [5, 5.41) is 33.8. The zero-order valence-corrected chi connectivity index (χ0v) is 23.5. The quantitative estimate of drug-likeness (QED) is 0.176. The molecule has 11 nitrogen and oxygen atoms in total. The van der Waals surface area contributed by atoms with E-state index in [0.29, 0.717) is 39.5 Å². The number of benzene rings is 3. The van der Waals surface area contributed by atoms with Crippen molar-refractivity contribution in [1.29, 1.82) is 0 Å². The average Bonchev–Trinajstić information content (AvgIpc) is 3.52. The van der Waals surface area contributed by atoms with Gasteiger partial charge < -0.3 is 10.4 Å². The maximum Gasteiger partial charge on any atom is 0.409 e. The molecule has 0 spiro atoms. The molecule has 2 amide bonds. The largest absolute Gasteiger partial charge is 0.465 e. The van der Waals surface area contributed by atoms with Crippen LogP contribution >= 0.6 is 23.2 Å². The van der Waals surface area contributed by atoms with E-state index in [9.17, 15) is 14.0 Å². The minimum Gasteiger partial charge on any atom is -0.465 e.